The molecule has 120 valence electrons. The van der Waals surface area contributed by atoms with E-state index >= 15 is 0 Å². The number of hydrogen-bond donors (Lipinski definition) is 2. The fourth-order valence-corrected chi connectivity index (χ4v) is 4.18. The quantitative estimate of drug-likeness (QED) is 0.846. The van der Waals surface area contributed by atoms with Crippen molar-refractivity contribution in [1.82, 2.24) is 14.9 Å². The summed E-state index contributed by atoms with van der Waals surface area (Å²) in [5.41, 5.74) is -0.892. The first kappa shape index (κ1) is 15.1. The zero-order valence-corrected chi connectivity index (χ0v) is 12.9. The summed E-state index contributed by atoms with van der Waals surface area (Å²) in [4.78, 5) is 36.8. The molecule has 3 rings (SSSR count). The molecule has 1 aromatic heterocycles. The van der Waals surface area contributed by atoms with Crippen molar-refractivity contribution in [2.24, 2.45) is 17.8 Å². The highest BCUT2D eigenvalue weighted by atomic mass is 16.2. The van der Waals surface area contributed by atoms with Crippen molar-refractivity contribution in [1.29, 1.82) is 0 Å². The molecule has 1 aromatic rings. The van der Waals surface area contributed by atoms with E-state index in [2.05, 4.69) is 17.2 Å². The molecule has 0 radical (unpaired) electrons. The molecule has 2 saturated carbocycles. The van der Waals surface area contributed by atoms with Crippen LogP contribution in [0.25, 0.3) is 0 Å². The van der Waals surface area contributed by atoms with Crippen LogP contribution in [0.2, 0.25) is 0 Å². The van der Waals surface area contributed by atoms with Gasteiger partial charge in [0.1, 0.15) is 0 Å². The van der Waals surface area contributed by atoms with E-state index in [4.69, 9.17) is 0 Å². The zero-order chi connectivity index (χ0) is 15.7. The van der Waals surface area contributed by atoms with E-state index in [1.807, 2.05) is 0 Å². The molecule has 0 aromatic carbocycles. The van der Waals surface area contributed by atoms with Gasteiger partial charge in [-0.1, -0.05) is 6.42 Å². The molecular formula is C16H23N3O3. The lowest BCUT2D eigenvalue weighted by molar-refractivity contribution is -0.122. The van der Waals surface area contributed by atoms with Crippen LogP contribution in [0.1, 0.15) is 39.0 Å². The van der Waals surface area contributed by atoms with E-state index in [1.165, 1.54) is 42.5 Å². The summed E-state index contributed by atoms with van der Waals surface area (Å²) in [6, 6.07) is 1.49. The maximum absolute atomic E-state index is 12.1. The molecule has 2 aliphatic carbocycles. The van der Waals surface area contributed by atoms with Crippen molar-refractivity contribution in [2.45, 2.75) is 51.6 Å². The van der Waals surface area contributed by atoms with Crippen molar-refractivity contribution >= 4 is 5.91 Å². The van der Waals surface area contributed by atoms with E-state index in [1.54, 1.807) is 0 Å². The second-order valence-corrected chi connectivity index (χ2v) is 6.75. The van der Waals surface area contributed by atoms with Gasteiger partial charge >= 0.3 is 5.69 Å². The number of hydrogen-bond acceptors (Lipinski definition) is 3. The molecule has 2 aliphatic rings. The summed E-state index contributed by atoms with van der Waals surface area (Å²) in [5, 5.41) is 3.08. The van der Waals surface area contributed by atoms with E-state index in [9.17, 15) is 14.4 Å². The van der Waals surface area contributed by atoms with Gasteiger partial charge in [0.05, 0.1) is 0 Å². The molecule has 1 amide bonds. The Morgan fingerprint density at radius 1 is 1.41 bits per heavy atom. The fraction of sp³-hybridized carbons (Fsp3) is 0.688. The van der Waals surface area contributed by atoms with E-state index < -0.39 is 11.2 Å². The summed E-state index contributed by atoms with van der Waals surface area (Å²) >= 11 is 0. The van der Waals surface area contributed by atoms with E-state index in [0.717, 1.165) is 11.8 Å². The van der Waals surface area contributed by atoms with Crippen LogP contribution >= 0.6 is 0 Å². The van der Waals surface area contributed by atoms with Gasteiger partial charge in [0, 0.05) is 31.3 Å². The highest BCUT2D eigenvalue weighted by molar-refractivity contribution is 5.76. The van der Waals surface area contributed by atoms with E-state index in [-0.39, 0.29) is 24.9 Å². The molecule has 22 heavy (non-hydrogen) atoms. The number of rotatable bonds is 5. The van der Waals surface area contributed by atoms with Gasteiger partial charge in [0.25, 0.3) is 5.56 Å². The summed E-state index contributed by atoms with van der Waals surface area (Å²) < 4.78 is 1.35. The molecule has 2 N–H and O–H groups in total. The smallest absolute Gasteiger partial charge is 0.328 e. The second-order valence-electron chi connectivity index (χ2n) is 6.75. The maximum Gasteiger partial charge on any atom is 0.328 e. The first-order chi connectivity index (χ1) is 10.5. The molecule has 2 bridgehead atoms. The molecule has 0 saturated heterocycles. The monoisotopic (exact) mass is 305 g/mol. The Bertz CT molecular complexity index is 663. The van der Waals surface area contributed by atoms with Gasteiger partial charge < -0.3 is 9.88 Å². The third-order valence-electron chi connectivity index (χ3n) is 5.30. The zero-order valence-electron chi connectivity index (χ0n) is 12.9. The predicted octanol–water partition coefficient (Wildman–Crippen LogP) is 0.868. The number of amides is 1. The van der Waals surface area contributed by atoms with Gasteiger partial charge in [0.15, 0.2) is 0 Å². The minimum Gasteiger partial charge on any atom is -0.353 e. The number of nitrogens with one attached hydrogen (secondary N) is 2. The van der Waals surface area contributed by atoms with Crippen molar-refractivity contribution in [3.8, 4) is 0 Å². The molecule has 0 unspecified atom stereocenters. The van der Waals surface area contributed by atoms with Crippen LogP contribution in [0.4, 0.5) is 0 Å². The van der Waals surface area contributed by atoms with Crippen molar-refractivity contribution in [2.75, 3.05) is 0 Å². The molecule has 1 heterocycles. The molecule has 0 spiro atoms. The average Bonchev–Trinajstić information content (AvgIpc) is 3.09. The Kier molecular flexibility index (Phi) is 4.18. The first-order valence-corrected chi connectivity index (χ1v) is 8.12. The largest absolute Gasteiger partial charge is 0.353 e. The number of aromatic nitrogens is 2. The van der Waals surface area contributed by atoms with Gasteiger partial charge in [-0.25, -0.2) is 4.79 Å². The number of carbonyl (C=O) groups excluding carboxylic acids is 1. The molecule has 6 heteroatoms. The molecule has 6 nitrogen and oxygen atoms in total. The highest BCUT2D eigenvalue weighted by Gasteiger charge is 2.42. The number of aryl methyl sites for hydroxylation is 1. The summed E-state index contributed by atoms with van der Waals surface area (Å²) in [5.74, 6) is 2.23. The number of carbonyl (C=O) groups is 1. The molecule has 4 atom stereocenters. The van der Waals surface area contributed by atoms with Crippen LogP contribution in [-0.4, -0.2) is 21.5 Å². The minimum atomic E-state index is -0.471. The fourth-order valence-electron chi connectivity index (χ4n) is 4.18. The third kappa shape index (κ3) is 3.15. The normalized spacial score (nSPS) is 27.8. The Morgan fingerprint density at radius 2 is 2.23 bits per heavy atom. The third-order valence-corrected chi connectivity index (χ3v) is 5.30. The average molecular weight is 305 g/mol. The Hall–Kier alpha value is -1.85. The molecule has 2 fully saturated rings. The van der Waals surface area contributed by atoms with Gasteiger partial charge in [-0.15, -0.1) is 0 Å². The van der Waals surface area contributed by atoms with E-state index in [0.29, 0.717) is 5.92 Å². The second kappa shape index (κ2) is 6.10. The lowest BCUT2D eigenvalue weighted by Gasteiger charge is -2.28. The minimum absolute atomic E-state index is 0.0339. The topological polar surface area (TPSA) is 84.0 Å². The van der Waals surface area contributed by atoms with Crippen LogP contribution in [0.15, 0.2) is 21.9 Å². The highest BCUT2D eigenvalue weighted by Crippen LogP contribution is 2.49. The summed E-state index contributed by atoms with van der Waals surface area (Å²) in [6.07, 6.45) is 6.91. The summed E-state index contributed by atoms with van der Waals surface area (Å²) in [7, 11) is 0. The first-order valence-electron chi connectivity index (χ1n) is 8.12. The SMILES string of the molecule is C[C@H](NC(=O)CCn1ccc(=O)[nH]c1=O)[C@@H]1C[C@H]2CC[C@H]1C2. The maximum atomic E-state index is 12.1. The Morgan fingerprint density at radius 3 is 2.86 bits per heavy atom. The molecule has 0 aliphatic heterocycles. The van der Waals surface area contributed by atoms with Crippen LogP contribution in [-0.2, 0) is 11.3 Å². The number of nitrogens with zero attached hydrogens (tertiary/aromatic N) is 1. The van der Waals surface area contributed by atoms with Crippen LogP contribution in [0.5, 0.6) is 0 Å². The van der Waals surface area contributed by atoms with Gasteiger partial charge in [-0.05, 0) is 43.9 Å². The predicted molar refractivity (Wildman–Crippen MR) is 82.5 cm³/mol. The number of fused-ring (bicyclic) bond motifs is 2. The van der Waals surface area contributed by atoms with Crippen LogP contribution in [0.3, 0.4) is 0 Å². The lowest BCUT2D eigenvalue weighted by atomic mass is 9.84. The Balaban J connectivity index is 1.50. The standard InChI is InChI=1S/C16H23N3O3/c1-10(13-9-11-2-3-12(13)8-11)17-14(20)4-6-19-7-5-15(21)18-16(19)22/h5,7,10-13H,2-4,6,8-9H2,1H3,(H,17,20)(H,18,21,22)/t10-,11-,12-,13-/m0/s1. The lowest BCUT2D eigenvalue weighted by Crippen LogP contribution is -2.40. The van der Waals surface area contributed by atoms with Crippen molar-refractivity contribution in [3.05, 3.63) is 33.1 Å². The van der Waals surface area contributed by atoms with Crippen molar-refractivity contribution in [3.63, 3.8) is 0 Å². The Labute approximate surface area is 128 Å². The number of H-pyrrole nitrogens is 1. The van der Waals surface area contributed by atoms with Gasteiger partial charge in [-0.3, -0.25) is 14.6 Å². The van der Waals surface area contributed by atoms with Crippen LogP contribution in [0, 0.1) is 17.8 Å². The van der Waals surface area contributed by atoms with Crippen molar-refractivity contribution < 1.29 is 4.79 Å². The van der Waals surface area contributed by atoms with Gasteiger partial charge in [0.2, 0.25) is 5.91 Å². The summed E-state index contributed by atoms with van der Waals surface area (Å²) in [6.45, 7) is 2.38. The van der Waals surface area contributed by atoms with Crippen LogP contribution < -0.4 is 16.6 Å². The van der Waals surface area contributed by atoms with Gasteiger partial charge in [-0.2, -0.15) is 0 Å². The molecular weight excluding hydrogens is 282 g/mol. The number of aromatic amines is 1.